The Labute approximate surface area is 156 Å². The van der Waals surface area contributed by atoms with Crippen LogP contribution in [0.3, 0.4) is 0 Å². The van der Waals surface area contributed by atoms with Gasteiger partial charge in [0.25, 0.3) is 0 Å². The number of nitrogens with one attached hydrogen (secondary N) is 1. The number of hydrogen-bond acceptors (Lipinski definition) is 5. The van der Waals surface area contributed by atoms with Crippen molar-refractivity contribution in [2.45, 2.75) is 83.6 Å². The fourth-order valence-electron chi connectivity index (χ4n) is 3.27. The summed E-state index contributed by atoms with van der Waals surface area (Å²) in [5.74, 6) is -0.120. The quantitative estimate of drug-likeness (QED) is 0.254. The van der Waals surface area contributed by atoms with Crippen molar-refractivity contribution in [3.63, 3.8) is 0 Å². The second-order valence-corrected chi connectivity index (χ2v) is 7.06. The van der Waals surface area contributed by atoms with Crippen LogP contribution in [0.1, 0.15) is 88.0 Å². The molecule has 7 heteroatoms. The molecule has 1 aliphatic rings. The third-order valence-corrected chi connectivity index (χ3v) is 4.94. The van der Waals surface area contributed by atoms with Gasteiger partial charge in [-0.15, -0.1) is 5.11 Å². The van der Waals surface area contributed by atoms with Gasteiger partial charge in [0.05, 0.1) is 12.9 Å². The van der Waals surface area contributed by atoms with Crippen LogP contribution in [0.25, 0.3) is 0 Å². The first kappa shape index (κ1) is 20.4. The van der Waals surface area contributed by atoms with Crippen LogP contribution in [0.15, 0.2) is 16.7 Å². The molecule has 1 aliphatic carbocycles. The first-order chi connectivity index (χ1) is 12.7. The van der Waals surface area contributed by atoms with Crippen molar-refractivity contribution in [2.24, 2.45) is 10.3 Å². The van der Waals surface area contributed by atoms with Crippen LogP contribution in [0.2, 0.25) is 0 Å². The molecule has 0 radical (unpaired) electrons. The standard InChI is InChI=1S/C19H33N5O2/c1-3-4-5-6-7-11-14-26-19(25)17-18(21-15-20-17)22-23-24(2)16-12-9-8-10-13-16/h15-16H,3-14H2,1-2H3,(H,20,21)/b23-22+. The van der Waals surface area contributed by atoms with E-state index in [-0.39, 0.29) is 5.69 Å². The van der Waals surface area contributed by atoms with Crippen LogP contribution in [-0.2, 0) is 4.74 Å². The number of carbonyl (C=O) groups is 1. The summed E-state index contributed by atoms with van der Waals surface area (Å²) in [6.45, 7) is 2.64. The number of nitrogens with zero attached hydrogens (tertiary/aromatic N) is 4. The summed E-state index contributed by atoms with van der Waals surface area (Å²) >= 11 is 0. The molecule has 1 saturated carbocycles. The summed E-state index contributed by atoms with van der Waals surface area (Å²) in [5.41, 5.74) is 0.275. The molecule has 0 spiro atoms. The maximum atomic E-state index is 12.2. The monoisotopic (exact) mass is 363 g/mol. The lowest BCUT2D eigenvalue weighted by Gasteiger charge is -2.27. The summed E-state index contributed by atoms with van der Waals surface area (Å²) < 4.78 is 5.33. The molecule has 1 fully saturated rings. The van der Waals surface area contributed by atoms with Crippen LogP contribution in [-0.4, -0.2) is 40.6 Å². The average Bonchev–Trinajstić information content (AvgIpc) is 3.14. The van der Waals surface area contributed by atoms with Crippen LogP contribution in [0.5, 0.6) is 0 Å². The number of ether oxygens (including phenoxy) is 1. The molecule has 0 saturated heterocycles. The topological polar surface area (TPSA) is 82.9 Å². The number of imidazole rings is 1. The number of H-pyrrole nitrogens is 1. The SMILES string of the molecule is CCCCCCCCOC(=O)c1[nH]cnc1/N=N/N(C)C1CCCCC1. The number of esters is 1. The van der Waals surface area contributed by atoms with E-state index in [0.717, 1.165) is 25.7 Å². The van der Waals surface area contributed by atoms with Gasteiger partial charge in [0.1, 0.15) is 0 Å². The van der Waals surface area contributed by atoms with E-state index < -0.39 is 5.97 Å². The molecule has 1 aromatic heterocycles. The normalized spacial score (nSPS) is 15.5. The number of carbonyl (C=O) groups excluding carboxylic acids is 1. The number of rotatable bonds is 11. The van der Waals surface area contributed by atoms with Crippen LogP contribution >= 0.6 is 0 Å². The molecule has 2 rings (SSSR count). The van der Waals surface area contributed by atoms with E-state index in [1.807, 2.05) is 12.1 Å². The Morgan fingerprint density at radius 3 is 2.73 bits per heavy atom. The van der Waals surface area contributed by atoms with Crippen LogP contribution in [0.4, 0.5) is 5.82 Å². The van der Waals surface area contributed by atoms with Gasteiger partial charge in [-0.2, -0.15) is 0 Å². The Bertz CT molecular complexity index is 552. The lowest BCUT2D eigenvalue weighted by Crippen LogP contribution is -2.28. The summed E-state index contributed by atoms with van der Waals surface area (Å²) in [5, 5.41) is 10.3. The van der Waals surface area contributed by atoms with E-state index in [9.17, 15) is 4.79 Å². The van der Waals surface area contributed by atoms with Gasteiger partial charge in [-0.1, -0.05) is 63.5 Å². The summed E-state index contributed by atoms with van der Waals surface area (Å²) in [6.07, 6.45) is 14.5. The predicted octanol–water partition coefficient (Wildman–Crippen LogP) is 5.19. The zero-order valence-electron chi connectivity index (χ0n) is 16.2. The molecule has 1 N–H and O–H groups in total. The van der Waals surface area contributed by atoms with Crippen molar-refractivity contribution in [3.05, 3.63) is 12.0 Å². The van der Waals surface area contributed by atoms with E-state index in [2.05, 4.69) is 27.2 Å². The Morgan fingerprint density at radius 2 is 1.96 bits per heavy atom. The molecule has 0 atom stereocenters. The van der Waals surface area contributed by atoms with Gasteiger partial charge in [0.15, 0.2) is 5.69 Å². The second-order valence-electron chi connectivity index (χ2n) is 7.06. The molecule has 1 aromatic rings. The maximum absolute atomic E-state index is 12.2. The van der Waals surface area contributed by atoms with Crippen LogP contribution < -0.4 is 0 Å². The lowest BCUT2D eigenvalue weighted by molar-refractivity contribution is 0.0492. The molecular formula is C19H33N5O2. The van der Waals surface area contributed by atoms with E-state index in [1.54, 1.807) is 0 Å². The van der Waals surface area contributed by atoms with Crippen molar-refractivity contribution in [1.82, 2.24) is 15.0 Å². The maximum Gasteiger partial charge on any atom is 0.358 e. The molecule has 26 heavy (non-hydrogen) atoms. The first-order valence-electron chi connectivity index (χ1n) is 10.1. The lowest BCUT2D eigenvalue weighted by atomic mass is 9.95. The molecule has 1 heterocycles. The molecule has 0 aromatic carbocycles. The van der Waals surface area contributed by atoms with Gasteiger partial charge in [0, 0.05) is 13.1 Å². The molecule has 0 bridgehead atoms. The smallest absolute Gasteiger partial charge is 0.358 e. The highest BCUT2D eigenvalue weighted by molar-refractivity contribution is 5.91. The third kappa shape index (κ3) is 6.77. The first-order valence-corrected chi connectivity index (χ1v) is 10.1. The van der Waals surface area contributed by atoms with Gasteiger partial charge in [-0.05, 0) is 19.3 Å². The van der Waals surface area contributed by atoms with Crippen molar-refractivity contribution >= 4 is 11.8 Å². The molecule has 0 aliphatic heterocycles. The van der Waals surface area contributed by atoms with Gasteiger partial charge in [-0.25, -0.2) is 9.78 Å². The summed E-state index contributed by atoms with van der Waals surface area (Å²) in [6, 6.07) is 0.426. The predicted molar refractivity (Wildman–Crippen MR) is 101 cm³/mol. The summed E-state index contributed by atoms with van der Waals surface area (Å²) in [7, 11) is 1.93. The Morgan fingerprint density at radius 1 is 1.23 bits per heavy atom. The van der Waals surface area contributed by atoms with E-state index in [0.29, 0.717) is 18.5 Å². The molecule has 0 unspecified atom stereocenters. The molecule has 146 valence electrons. The van der Waals surface area contributed by atoms with Gasteiger partial charge < -0.3 is 9.72 Å². The average molecular weight is 364 g/mol. The van der Waals surface area contributed by atoms with Crippen molar-refractivity contribution in [3.8, 4) is 0 Å². The fraction of sp³-hybridized carbons (Fsp3) is 0.789. The van der Waals surface area contributed by atoms with Gasteiger partial charge in [-0.3, -0.25) is 5.01 Å². The second kappa shape index (κ2) is 11.6. The minimum Gasteiger partial charge on any atom is -0.461 e. The highest BCUT2D eigenvalue weighted by Crippen LogP contribution is 2.23. The molecule has 0 amide bonds. The molecular weight excluding hydrogens is 330 g/mol. The van der Waals surface area contributed by atoms with Crippen molar-refractivity contribution in [2.75, 3.05) is 13.7 Å². The minimum atomic E-state index is -0.412. The highest BCUT2D eigenvalue weighted by atomic mass is 16.5. The van der Waals surface area contributed by atoms with Gasteiger partial charge >= 0.3 is 5.97 Å². The van der Waals surface area contributed by atoms with E-state index >= 15 is 0 Å². The third-order valence-electron chi connectivity index (χ3n) is 4.94. The number of aromatic nitrogens is 2. The summed E-state index contributed by atoms with van der Waals surface area (Å²) in [4.78, 5) is 19.1. The zero-order valence-corrected chi connectivity index (χ0v) is 16.2. The minimum absolute atomic E-state index is 0.275. The number of unbranched alkanes of at least 4 members (excludes halogenated alkanes) is 5. The van der Waals surface area contributed by atoms with Crippen molar-refractivity contribution in [1.29, 1.82) is 0 Å². The van der Waals surface area contributed by atoms with Crippen molar-refractivity contribution < 1.29 is 9.53 Å². The zero-order chi connectivity index (χ0) is 18.6. The van der Waals surface area contributed by atoms with Crippen LogP contribution in [0, 0.1) is 0 Å². The Balaban J connectivity index is 1.75. The highest BCUT2D eigenvalue weighted by Gasteiger charge is 2.19. The van der Waals surface area contributed by atoms with Gasteiger partial charge in [0.2, 0.25) is 5.82 Å². The number of hydrogen-bond donors (Lipinski definition) is 1. The Hall–Kier alpha value is -1.92. The molecule has 7 nitrogen and oxygen atoms in total. The van der Waals surface area contributed by atoms with E-state index in [1.165, 1.54) is 51.3 Å². The Kier molecular flexibility index (Phi) is 9.14. The largest absolute Gasteiger partial charge is 0.461 e. The number of aromatic amines is 1. The fourth-order valence-corrected chi connectivity index (χ4v) is 3.27. The van der Waals surface area contributed by atoms with E-state index in [4.69, 9.17) is 4.74 Å².